The average molecular weight is 319 g/mol. The molecule has 1 saturated carbocycles. The van der Waals surface area contributed by atoms with Crippen LogP contribution in [0.1, 0.15) is 26.2 Å². The van der Waals surface area contributed by atoms with E-state index in [1.807, 2.05) is 30.2 Å². The Morgan fingerprint density at radius 2 is 2.10 bits per heavy atom. The fourth-order valence-corrected chi connectivity index (χ4v) is 4.93. The lowest BCUT2D eigenvalue weighted by Crippen LogP contribution is -2.32. The zero-order chi connectivity index (χ0) is 14.4. The van der Waals surface area contributed by atoms with Gasteiger partial charge in [-0.3, -0.25) is 9.88 Å². The first-order valence-electron chi connectivity index (χ1n) is 7.68. The minimum atomic E-state index is 0.655. The van der Waals surface area contributed by atoms with Crippen LogP contribution in [0, 0.1) is 0 Å². The van der Waals surface area contributed by atoms with E-state index in [-0.39, 0.29) is 0 Å². The van der Waals surface area contributed by atoms with Crippen LogP contribution >= 0.6 is 23.4 Å². The van der Waals surface area contributed by atoms with E-state index >= 15 is 0 Å². The maximum absolute atomic E-state index is 6.48. The molecule has 0 spiro atoms. The number of aromatic nitrogens is 1. The van der Waals surface area contributed by atoms with Crippen molar-refractivity contribution in [2.75, 3.05) is 6.54 Å². The number of hydrogen-bond acceptors (Lipinski definition) is 3. The molecule has 1 aliphatic heterocycles. The lowest BCUT2D eigenvalue weighted by Gasteiger charge is -2.24. The number of pyridine rings is 1. The second kappa shape index (κ2) is 5.45. The summed E-state index contributed by atoms with van der Waals surface area (Å²) in [6.45, 7) is 3.63. The van der Waals surface area contributed by atoms with E-state index in [2.05, 4.69) is 28.9 Å². The molecule has 110 valence electrons. The van der Waals surface area contributed by atoms with Crippen LogP contribution in [0.4, 0.5) is 0 Å². The number of nitrogens with zero attached hydrogens (tertiary/aromatic N) is 2. The SMILES string of the molecule is C[C@H]1C(Sc2cc3ccncc3cc2Cl)CCN1C1CC1. The van der Waals surface area contributed by atoms with E-state index < -0.39 is 0 Å². The van der Waals surface area contributed by atoms with E-state index in [0.717, 1.165) is 16.5 Å². The summed E-state index contributed by atoms with van der Waals surface area (Å²) in [5, 5.41) is 3.85. The standard InChI is InChI=1S/C17H19ClN2S/c1-11-16(5-7-20(11)14-2-3-14)21-17-9-12-4-6-19-10-13(12)8-15(17)18/h4,6,8-11,14,16H,2-3,5,7H2,1H3/t11-,16?/m0/s1. The van der Waals surface area contributed by atoms with Crippen molar-refractivity contribution in [1.82, 2.24) is 9.88 Å². The molecule has 0 amide bonds. The minimum Gasteiger partial charge on any atom is -0.297 e. The van der Waals surface area contributed by atoms with Gasteiger partial charge in [-0.2, -0.15) is 0 Å². The van der Waals surface area contributed by atoms with Gasteiger partial charge in [0.2, 0.25) is 0 Å². The zero-order valence-electron chi connectivity index (χ0n) is 12.1. The highest BCUT2D eigenvalue weighted by atomic mass is 35.5. The Hall–Kier alpha value is -0.770. The minimum absolute atomic E-state index is 0.655. The van der Waals surface area contributed by atoms with Crippen molar-refractivity contribution >= 4 is 34.1 Å². The Morgan fingerprint density at radius 3 is 2.90 bits per heavy atom. The molecule has 1 aromatic heterocycles. The fraction of sp³-hybridized carbons (Fsp3) is 0.471. The van der Waals surface area contributed by atoms with Gasteiger partial charge < -0.3 is 0 Å². The molecule has 21 heavy (non-hydrogen) atoms. The molecule has 0 bridgehead atoms. The van der Waals surface area contributed by atoms with Gasteiger partial charge in [0, 0.05) is 40.0 Å². The quantitative estimate of drug-likeness (QED) is 0.822. The van der Waals surface area contributed by atoms with Crippen LogP contribution in [0.15, 0.2) is 35.5 Å². The summed E-state index contributed by atoms with van der Waals surface area (Å²) in [6, 6.07) is 7.85. The molecule has 1 aliphatic carbocycles. The third-order valence-electron chi connectivity index (χ3n) is 4.72. The van der Waals surface area contributed by atoms with Crippen LogP contribution < -0.4 is 0 Å². The maximum Gasteiger partial charge on any atom is 0.0548 e. The highest BCUT2D eigenvalue weighted by Gasteiger charge is 2.40. The monoisotopic (exact) mass is 318 g/mol. The molecule has 1 saturated heterocycles. The number of hydrogen-bond donors (Lipinski definition) is 0. The molecule has 2 fully saturated rings. The Balaban J connectivity index is 1.58. The predicted molar refractivity (Wildman–Crippen MR) is 90.2 cm³/mol. The van der Waals surface area contributed by atoms with Crippen LogP contribution in [-0.4, -0.2) is 33.8 Å². The number of benzene rings is 1. The van der Waals surface area contributed by atoms with Crippen LogP contribution in [0.3, 0.4) is 0 Å². The summed E-state index contributed by atoms with van der Waals surface area (Å²) in [5.41, 5.74) is 0. The average Bonchev–Trinajstić information content (AvgIpc) is 3.26. The first-order valence-corrected chi connectivity index (χ1v) is 8.94. The topological polar surface area (TPSA) is 16.1 Å². The summed E-state index contributed by atoms with van der Waals surface area (Å²) in [6.07, 6.45) is 7.78. The van der Waals surface area contributed by atoms with E-state index in [9.17, 15) is 0 Å². The number of likely N-dealkylation sites (tertiary alicyclic amines) is 1. The first kappa shape index (κ1) is 13.9. The van der Waals surface area contributed by atoms with Gasteiger partial charge in [0.15, 0.2) is 0 Å². The molecule has 2 atom stereocenters. The van der Waals surface area contributed by atoms with Crippen molar-refractivity contribution in [1.29, 1.82) is 0 Å². The summed E-state index contributed by atoms with van der Waals surface area (Å²) < 4.78 is 0. The molecular formula is C17H19ClN2S. The van der Waals surface area contributed by atoms with Gasteiger partial charge in [-0.05, 0) is 56.3 Å². The largest absolute Gasteiger partial charge is 0.297 e. The number of thioether (sulfide) groups is 1. The molecule has 1 unspecified atom stereocenters. The Kier molecular flexibility index (Phi) is 3.60. The molecule has 0 radical (unpaired) electrons. The number of fused-ring (bicyclic) bond motifs is 1. The third-order valence-corrected chi connectivity index (χ3v) is 6.67. The lowest BCUT2D eigenvalue weighted by atomic mass is 10.2. The third kappa shape index (κ3) is 2.67. The Labute approximate surface area is 134 Å². The van der Waals surface area contributed by atoms with E-state index in [1.165, 1.54) is 36.1 Å². The van der Waals surface area contributed by atoms with Crippen molar-refractivity contribution in [2.45, 2.75) is 48.4 Å². The highest BCUT2D eigenvalue weighted by Crippen LogP contribution is 2.42. The fourth-order valence-electron chi connectivity index (χ4n) is 3.35. The molecule has 0 N–H and O–H groups in total. The van der Waals surface area contributed by atoms with Gasteiger partial charge in [0.25, 0.3) is 0 Å². The van der Waals surface area contributed by atoms with Gasteiger partial charge >= 0.3 is 0 Å². The van der Waals surface area contributed by atoms with Crippen molar-refractivity contribution in [3.05, 3.63) is 35.6 Å². The normalized spacial score (nSPS) is 26.6. The van der Waals surface area contributed by atoms with Gasteiger partial charge in [0.1, 0.15) is 0 Å². The van der Waals surface area contributed by atoms with Crippen LogP contribution in [0.2, 0.25) is 5.02 Å². The van der Waals surface area contributed by atoms with Gasteiger partial charge in [-0.25, -0.2) is 0 Å². The molecule has 2 nitrogen and oxygen atoms in total. The van der Waals surface area contributed by atoms with E-state index in [1.54, 1.807) is 0 Å². The van der Waals surface area contributed by atoms with E-state index in [4.69, 9.17) is 11.6 Å². The first-order chi connectivity index (χ1) is 10.2. The summed E-state index contributed by atoms with van der Waals surface area (Å²) in [5.74, 6) is 0. The second-order valence-electron chi connectivity index (χ2n) is 6.16. The Bertz CT molecular complexity index is 671. The molecule has 2 heterocycles. The van der Waals surface area contributed by atoms with Crippen molar-refractivity contribution in [3.8, 4) is 0 Å². The van der Waals surface area contributed by atoms with Crippen molar-refractivity contribution in [3.63, 3.8) is 0 Å². The summed E-state index contributed by atoms with van der Waals surface area (Å²) in [4.78, 5) is 8.07. The molecule has 2 aliphatic rings. The van der Waals surface area contributed by atoms with Crippen molar-refractivity contribution < 1.29 is 0 Å². The molecule has 1 aromatic carbocycles. The molecule has 4 rings (SSSR count). The van der Waals surface area contributed by atoms with Gasteiger partial charge in [-0.1, -0.05) is 11.6 Å². The van der Waals surface area contributed by atoms with Crippen LogP contribution in [0.5, 0.6) is 0 Å². The zero-order valence-corrected chi connectivity index (χ0v) is 13.7. The Morgan fingerprint density at radius 1 is 1.24 bits per heavy atom. The molecule has 4 heteroatoms. The molecule has 2 aromatic rings. The summed E-state index contributed by atoms with van der Waals surface area (Å²) in [7, 11) is 0. The number of halogens is 1. The molecular weight excluding hydrogens is 300 g/mol. The highest BCUT2D eigenvalue weighted by molar-refractivity contribution is 8.00. The second-order valence-corrected chi connectivity index (χ2v) is 7.85. The van der Waals surface area contributed by atoms with E-state index in [0.29, 0.717) is 11.3 Å². The lowest BCUT2D eigenvalue weighted by molar-refractivity contribution is 0.260. The van der Waals surface area contributed by atoms with Gasteiger partial charge in [0.05, 0.1) is 5.02 Å². The van der Waals surface area contributed by atoms with Crippen LogP contribution in [0.25, 0.3) is 10.8 Å². The maximum atomic E-state index is 6.48. The van der Waals surface area contributed by atoms with Crippen molar-refractivity contribution in [2.24, 2.45) is 0 Å². The van der Waals surface area contributed by atoms with Crippen LogP contribution in [-0.2, 0) is 0 Å². The smallest absolute Gasteiger partial charge is 0.0548 e. The summed E-state index contributed by atoms with van der Waals surface area (Å²) >= 11 is 8.43. The predicted octanol–water partition coefficient (Wildman–Crippen LogP) is 4.61. The number of rotatable bonds is 3. The van der Waals surface area contributed by atoms with Gasteiger partial charge in [-0.15, -0.1) is 11.8 Å².